The number of hydrogen-bond donors (Lipinski definition) is 0. The molecule has 0 N–H and O–H groups in total. The lowest BCUT2D eigenvalue weighted by Crippen LogP contribution is -2.34. The van der Waals surface area contributed by atoms with Gasteiger partial charge in [-0.15, -0.1) is 0 Å². The van der Waals surface area contributed by atoms with Crippen molar-refractivity contribution in [3.05, 3.63) is 118 Å². The zero-order valence-corrected chi connectivity index (χ0v) is 31.7. The highest BCUT2D eigenvalue weighted by atomic mass is 35.5. The molecule has 4 aromatic heterocycles. The third kappa shape index (κ3) is 9.30. The van der Waals surface area contributed by atoms with Crippen molar-refractivity contribution >= 4 is 57.9 Å². The number of benzene rings is 2. The Morgan fingerprint density at radius 1 is 0.647 bits per heavy atom. The Labute approximate surface area is 314 Å². The normalized spacial score (nSPS) is 11.0. The van der Waals surface area contributed by atoms with Gasteiger partial charge in [0.15, 0.2) is 0 Å². The molecule has 51 heavy (non-hydrogen) atoms. The van der Waals surface area contributed by atoms with Gasteiger partial charge in [-0.05, 0) is 67.8 Å². The van der Waals surface area contributed by atoms with Crippen molar-refractivity contribution in [2.75, 3.05) is 20.1 Å². The number of fused-ring (bicyclic) bond motifs is 2. The average molecular weight is 746 g/mol. The number of halogens is 3. The van der Waals surface area contributed by atoms with Crippen molar-refractivity contribution in [3.63, 3.8) is 0 Å². The van der Waals surface area contributed by atoms with Crippen LogP contribution in [0.3, 0.4) is 0 Å². The Balaban J connectivity index is 0.000000199. The maximum absolute atomic E-state index is 13.0. The molecule has 0 spiro atoms. The van der Waals surface area contributed by atoms with Gasteiger partial charge in [-0.2, -0.15) is 0 Å². The summed E-state index contributed by atoms with van der Waals surface area (Å²) in [7, 11) is 1.84. The van der Waals surface area contributed by atoms with Gasteiger partial charge in [-0.25, -0.2) is 9.97 Å². The monoisotopic (exact) mass is 744 g/mol. The lowest BCUT2D eigenvalue weighted by Gasteiger charge is -2.21. The molecule has 0 radical (unpaired) electrons. The molecular formula is C40H43Cl3N6O2. The molecule has 4 heterocycles. The van der Waals surface area contributed by atoms with Gasteiger partial charge in [0, 0.05) is 60.1 Å². The summed E-state index contributed by atoms with van der Waals surface area (Å²) in [5.41, 5.74) is 7.08. The number of amides is 2. The third-order valence-electron chi connectivity index (χ3n) is 8.48. The minimum atomic E-state index is 0.107. The van der Waals surface area contributed by atoms with Crippen LogP contribution in [0.2, 0.25) is 15.1 Å². The summed E-state index contributed by atoms with van der Waals surface area (Å²) in [4.78, 5) is 38.4. The standard InChI is InChI=1S/C21H23Cl2N3O.C19H20ClN3O/c1-3-11-25(12-4-2)20(27)13-18-21(15-5-7-16(22)8-6-15)24-19-10-9-17(23)14-26(18)19;1-3-6-18(24)22(2)13-16-19(14-8-10-15(20)11-9-14)21-17-7-4-5-12-23(16)17/h5-10,14H,3-4,11-13H2,1-2H3;4-5,7-12H,3,6,13H2,1-2H3. The van der Waals surface area contributed by atoms with E-state index in [4.69, 9.17) is 44.8 Å². The maximum atomic E-state index is 13.0. The molecule has 0 atom stereocenters. The van der Waals surface area contributed by atoms with Crippen LogP contribution < -0.4 is 0 Å². The highest BCUT2D eigenvalue weighted by molar-refractivity contribution is 6.31. The van der Waals surface area contributed by atoms with E-state index in [-0.39, 0.29) is 18.2 Å². The summed E-state index contributed by atoms with van der Waals surface area (Å²) < 4.78 is 3.96. The van der Waals surface area contributed by atoms with Gasteiger partial charge in [0.25, 0.3) is 0 Å². The van der Waals surface area contributed by atoms with Crippen LogP contribution in [0.25, 0.3) is 33.8 Å². The van der Waals surface area contributed by atoms with Crippen molar-refractivity contribution in [3.8, 4) is 22.5 Å². The molecule has 8 nitrogen and oxygen atoms in total. The van der Waals surface area contributed by atoms with Gasteiger partial charge in [0.05, 0.1) is 40.8 Å². The number of pyridine rings is 2. The summed E-state index contributed by atoms with van der Waals surface area (Å²) in [6, 6.07) is 24.7. The van der Waals surface area contributed by atoms with Crippen molar-refractivity contribution in [1.82, 2.24) is 28.6 Å². The Bertz CT molecular complexity index is 2080. The Kier molecular flexibility index (Phi) is 13.2. The van der Waals surface area contributed by atoms with Gasteiger partial charge < -0.3 is 18.6 Å². The first-order chi connectivity index (χ1) is 24.6. The van der Waals surface area contributed by atoms with E-state index in [1.54, 1.807) is 4.90 Å². The molecule has 11 heteroatoms. The first kappa shape index (κ1) is 37.9. The molecule has 0 saturated heterocycles. The van der Waals surface area contributed by atoms with Crippen molar-refractivity contribution in [2.24, 2.45) is 0 Å². The second-order valence-electron chi connectivity index (χ2n) is 12.4. The van der Waals surface area contributed by atoms with E-state index < -0.39 is 0 Å². The molecule has 0 aliphatic rings. The van der Waals surface area contributed by atoms with Crippen molar-refractivity contribution < 1.29 is 9.59 Å². The number of aromatic nitrogens is 4. The van der Waals surface area contributed by atoms with E-state index >= 15 is 0 Å². The average Bonchev–Trinajstić information content (AvgIpc) is 3.67. The maximum Gasteiger partial charge on any atom is 0.228 e. The smallest absolute Gasteiger partial charge is 0.228 e. The molecule has 266 valence electrons. The zero-order valence-electron chi connectivity index (χ0n) is 29.5. The molecule has 0 fully saturated rings. The summed E-state index contributed by atoms with van der Waals surface area (Å²) >= 11 is 18.2. The molecule has 6 aromatic rings. The highest BCUT2D eigenvalue weighted by Crippen LogP contribution is 2.29. The SMILES string of the molecule is CCCC(=O)N(C)Cc1c(-c2ccc(Cl)cc2)nc2ccccn12.CCCN(CCC)C(=O)Cc1c(-c2ccc(Cl)cc2)nc2ccc(Cl)cn12. The second kappa shape index (κ2) is 17.7. The first-order valence-electron chi connectivity index (χ1n) is 17.3. The van der Waals surface area contributed by atoms with Crippen LogP contribution in [0.15, 0.2) is 91.3 Å². The Hall–Kier alpha value is -4.37. The van der Waals surface area contributed by atoms with Gasteiger partial charge in [-0.3, -0.25) is 9.59 Å². The summed E-state index contributed by atoms with van der Waals surface area (Å²) in [5.74, 6) is 0.251. The van der Waals surface area contributed by atoms with Crippen molar-refractivity contribution in [2.45, 2.75) is 59.4 Å². The van der Waals surface area contributed by atoms with E-state index in [0.29, 0.717) is 28.0 Å². The minimum Gasteiger partial charge on any atom is -0.342 e. The number of imidazole rings is 2. The largest absolute Gasteiger partial charge is 0.342 e. The minimum absolute atomic E-state index is 0.107. The van der Waals surface area contributed by atoms with Gasteiger partial charge in [-0.1, -0.05) is 85.9 Å². The molecule has 0 aliphatic carbocycles. The van der Waals surface area contributed by atoms with Crippen LogP contribution >= 0.6 is 34.8 Å². The topological polar surface area (TPSA) is 75.2 Å². The summed E-state index contributed by atoms with van der Waals surface area (Å²) in [6.07, 6.45) is 7.36. The van der Waals surface area contributed by atoms with Crippen molar-refractivity contribution in [1.29, 1.82) is 0 Å². The molecule has 0 aliphatic heterocycles. The van der Waals surface area contributed by atoms with Crippen LogP contribution in [0.4, 0.5) is 0 Å². The fourth-order valence-electron chi connectivity index (χ4n) is 5.99. The number of carbonyl (C=O) groups is 2. The van der Waals surface area contributed by atoms with Crippen LogP contribution in [0, 0.1) is 0 Å². The van der Waals surface area contributed by atoms with Crippen LogP contribution in [0.1, 0.15) is 57.8 Å². The van der Waals surface area contributed by atoms with Crippen LogP contribution in [-0.2, 0) is 22.6 Å². The predicted molar refractivity (Wildman–Crippen MR) is 209 cm³/mol. The van der Waals surface area contributed by atoms with Gasteiger partial charge >= 0.3 is 0 Å². The number of carbonyl (C=O) groups excluding carboxylic acids is 2. The first-order valence-corrected chi connectivity index (χ1v) is 18.4. The molecule has 2 aromatic carbocycles. The fourth-order valence-corrected chi connectivity index (χ4v) is 6.40. The second-order valence-corrected chi connectivity index (χ2v) is 13.7. The van der Waals surface area contributed by atoms with Crippen LogP contribution in [-0.4, -0.2) is 60.5 Å². The Morgan fingerprint density at radius 2 is 1.20 bits per heavy atom. The quantitative estimate of drug-likeness (QED) is 0.125. The lowest BCUT2D eigenvalue weighted by molar-refractivity contribution is -0.131. The van der Waals surface area contributed by atoms with Crippen LogP contribution in [0.5, 0.6) is 0 Å². The summed E-state index contributed by atoms with van der Waals surface area (Å²) in [6.45, 7) is 8.23. The zero-order chi connectivity index (χ0) is 36.5. The Morgan fingerprint density at radius 3 is 1.76 bits per heavy atom. The highest BCUT2D eigenvalue weighted by Gasteiger charge is 2.21. The number of rotatable bonds is 12. The molecule has 0 bridgehead atoms. The van der Waals surface area contributed by atoms with E-state index in [2.05, 4.69) is 13.8 Å². The molecule has 0 saturated carbocycles. The molecule has 0 unspecified atom stereocenters. The third-order valence-corrected chi connectivity index (χ3v) is 9.21. The van der Waals surface area contributed by atoms with E-state index in [1.807, 2.05) is 119 Å². The summed E-state index contributed by atoms with van der Waals surface area (Å²) in [5, 5.41) is 1.97. The van der Waals surface area contributed by atoms with Gasteiger partial charge in [0.2, 0.25) is 11.8 Å². The van der Waals surface area contributed by atoms with E-state index in [0.717, 1.165) is 77.5 Å². The lowest BCUT2D eigenvalue weighted by atomic mass is 10.1. The molecule has 6 rings (SSSR count). The predicted octanol–water partition coefficient (Wildman–Crippen LogP) is 9.91. The number of hydrogen-bond acceptors (Lipinski definition) is 4. The van der Waals surface area contributed by atoms with Gasteiger partial charge in [0.1, 0.15) is 11.3 Å². The molecular weight excluding hydrogens is 703 g/mol. The van der Waals surface area contributed by atoms with E-state index in [9.17, 15) is 9.59 Å². The number of nitrogens with zero attached hydrogens (tertiary/aromatic N) is 6. The van der Waals surface area contributed by atoms with E-state index in [1.165, 1.54) is 0 Å². The fraction of sp³-hybridized carbons (Fsp3) is 0.300. The molecule has 2 amide bonds.